The summed E-state index contributed by atoms with van der Waals surface area (Å²) >= 11 is 0. The molecule has 1 aromatic carbocycles. The highest BCUT2D eigenvalue weighted by atomic mass is 32.2. The number of rotatable bonds is 3. The Hall–Kier alpha value is -3.85. The molecule has 10 nitrogen and oxygen atoms in total. The van der Waals surface area contributed by atoms with Crippen LogP contribution in [0.5, 0.6) is 0 Å². The summed E-state index contributed by atoms with van der Waals surface area (Å²) in [5, 5.41) is 13.8. The van der Waals surface area contributed by atoms with E-state index >= 15 is 4.39 Å². The standard InChI is InChI=1S/C28H33FN6O4S/c1-16-12-17(14-30)15-31-22(16)23(36)33-18-8-9-20(29)19(13-18)28(7)21-10-11-32-40(21,38)27(5,6)24(35-28)34-25(37)39-26(2,3)4/h8-9,12-13,15,21H,10-11H2,1-7H3,(H,33,36)(H,34,35,37)/t21-,28+,40+/m0/s1. The highest BCUT2D eigenvalue weighted by molar-refractivity contribution is 7.96. The third-order valence-corrected chi connectivity index (χ3v) is 10.8. The number of nitrogens with zero attached hydrogens (tertiary/aromatic N) is 4. The van der Waals surface area contributed by atoms with Gasteiger partial charge in [0.1, 0.15) is 39.3 Å². The summed E-state index contributed by atoms with van der Waals surface area (Å²) in [6.07, 6.45) is 0.941. The van der Waals surface area contributed by atoms with E-state index in [9.17, 15) is 13.8 Å². The van der Waals surface area contributed by atoms with Gasteiger partial charge in [0.05, 0.1) is 20.5 Å². The van der Waals surface area contributed by atoms with Crippen molar-refractivity contribution in [2.24, 2.45) is 9.36 Å². The van der Waals surface area contributed by atoms with Crippen molar-refractivity contribution in [1.82, 2.24) is 10.3 Å². The molecule has 0 saturated heterocycles. The van der Waals surface area contributed by atoms with E-state index in [-0.39, 0.29) is 22.8 Å². The first-order chi connectivity index (χ1) is 18.5. The number of nitriles is 1. The summed E-state index contributed by atoms with van der Waals surface area (Å²) in [5.41, 5.74) is -0.837. The minimum absolute atomic E-state index is 0.0856. The minimum Gasteiger partial charge on any atom is -0.444 e. The number of carbonyl (C=O) groups excluding carboxylic acids is 2. The van der Waals surface area contributed by atoms with E-state index in [2.05, 4.69) is 20.0 Å². The normalized spacial score (nSPS) is 25.1. The molecule has 2 amide bonds. The molecule has 2 aliphatic rings. The Balaban J connectivity index is 1.77. The fourth-order valence-electron chi connectivity index (χ4n) is 5.11. The lowest BCUT2D eigenvalue weighted by molar-refractivity contribution is 0.0560. The number of anilines is 1. The number of alkyl carbamates (subject to hydrolysis) is 1. The number of aromatic nitrogens is 1. The number of hydrogen-bond donors (Lipinski definition) is 2. The van der Waals surface area contributed by atoms with Crippen molar-refractivity contribution in [1.29, 1.82) is 5.26 Å². The van der Waals surface area contributed by atoms with Crippen molar-refractivity contribution >= 4 is 33.3 Å². The SMILES string of the molecule is Cc1cc(C#N)cnc1C(=O)Nc1ccc(F)c([C@@]2(C)N=C(NC(=O)OC(C)(C)C)C(C)(C)[S@@]3(=O)=NCC[C@@H]23)c1. The van der Waals surface area contributed by atoms with Gasteiger partial charge in [-0.15, -0.1) is 0 Å². The maximum atomic E-state index is 15.5. The van der Waals surface area contributed by atoms with Crippen molar-refractivity contribution in [2.75, 3.05) is 11.9 Å². The Bertz CT molecular complexity index is 1600. The Labute approximate surface area is 233 Å². The van der Waals surface area contributed by atoms with Crippen LogP contribution in [0.2, 0.25) is 0 Å². The molecule has 4 rings (SSSR count). The Morgan fingerprint density at radius 1 is 1.20 bits per heavy atom. The number of nitrogens with one attached hydrogen (secondary N) is 2. The zero-order chi connectivity index (χ0) is 29.7. The molecule has 2 aliphatic heterocycles. The largest absolute Gasteiger partial charge is 0.444 e. The number of aryl methyl sites for hydroxylation is 1. The molecular formula is C28H33FN6O4S. The molecule has 0 fully saturated rings. The first-order valence-electron chi connectivity index (χ1n) is 12.8. The molecule has 2 N–H and O–H groups in total. The van der Waals surface area contributed by atoms with Gasteiger partial charge in [0.15, 0.2) is 0 Å². The number of ether oxygens (including phenoxy) is 1. The molecule has 212 valence electrons. The van der Waals surface area contributed by atoms with E-state index in [1.807, 2.05) is 6.07 Å². The van der Waals surface area contributed by atoms with Crippen LogP contribution in [0.1, 0.15) is 75.1 Å². The second kappa shape index (κ2) is 9.96. The van der Waals surface area contributed by atoms with Gasteiger partial charge in [-0.2, -0.15) is 5.26 Å². The maximum absolute atomic E-state index is 15.5. The zero-order valence-corrected chi connectivity index (χ0v) is 24.4. The molecule has 0 bridgehead atoms. The third kappa shape index (κ3) is 5.06. The predicted octanol–water partition coefficient (Wildman–Crippen LogP) is 4.82. The van der Waals surface area contributed by atoms with Crippen LogP contribution in [-0.2, 0) is 20.0 Å². The van der Waals surface area contributed by atoms with Gasteiger partial charge < -0.3 is 10.1 Å². The fourth-order valence-corrected chi connectivity index (χ4v) is 8.30. The van der Waals surface area contributed by atoms with Crippen LogP contribution in [-0.4, -0.2) is 49.2 Å². The number of amidine groups is 1. The predicted molar refractivity (Wildman–Crippen MR) is 150 cm³/mol. The average molecular weight is 569 g/mol. The van der Waals surface area contributed by atoms with Gasteiger partial charge in [-0.05, 0) is 84.7 Å². The highest BCUT2D eigenvalue weighted by Gasteiger charge is 2.57. The van der Waals surface area contributed by atoms with E-state index < -0.39 is 48.7 Å². The van der Waals surface area contributed by atoms with E-state index in [1.54, 1.807) is 54.5 Å². The van der Waals surface area contributed by atoms with Crippen molar-refractivity contribution in [3.8, 4) is 6.07 Å². The number of halogens is 1. The summed E-state index contributed by atoms with van der Waals surface area (Å²) in [4.78, 5) is 34.6. The fraction of sp³-hybridized carbons (Fsp3) is 0.464. The number of fused-ring (bicyclic) bond motifs is 1. The van der Waals surface area contributed by atoms with Gasteiger partial charge in [0, 0.05) is 24.0 Å². The molecule has 3 heterocycles. The average Bonchev–Trinajstić information content (AvgIpc) is 3.27. The Morgan fingerprint density at radius 2 is 1.90 bits per heavy atom. The summed E-state index contributed by atoms with van der Waals surface area (Å²) < 4.78 is 38.8. The van der Waals surface area contributed by atoms with Gasteiger partial charge in [0.25, 0.3) is 5.91 Å². The second-order valence-electron chi connectivity index (χ2n) is 11.6. The minimum atomic E-state index is -3.04. The zero-order valence-electron chi connectivity index (χ0n) is 23.6. The van der Waals surface area contributed by atoms with Crippen molar-refractivity contribution < 1.29 is 22.9 Å². The van der Waals surface area contributed by atoms with Crippen LogP contribution in [0, 0.1) is 24.1 Å². The Kier molecular flexibility index (Phi) is 7.26. The first-order valence-corrected chi connectivity index (χ1v) is 14.4. The quantitative estimate of drug-likeness (QED) is 0.543. The van der Waals surface area contributed by atoms with E-state index in [4.69, 9.17) is 15.0 Å². The van der Waals surface area contributed by atoms with Crippen LogP contribution in [0.3, 0.4) is 0 Å². The molecule has 0 saturated carbocycles. The summed E-state index contributed by atoms with van der Waals surface area (Å²) in [6, 6.07) is 7.60. The molecule has 0 spiro atoms. The molecule has 3 atom stereocenters. The van der Waals surface area contributed by atoms with Crippen LogP contribution in [0.25, 0.3) is 0 Å². The Morgan fingerprint density at radius 3 is 2.52 bits per heavy atom. The topological polar surface area (TPSA) is 146 Å². The van der Waals surface area contributed by atoms with Gasteiger partial charge in [-0.3, -0.25) is 15.1 Å². The third-order valence-electron chi connectivity index (χ3n) is 7.14. The molecule has 40 heavy (non-hydrogen) atoms. The van der Waals surface area contributed by atoms with E-state index in [0.717, 1.165) is 0 Å². The lowest BCUT2D eigenvalue weighted by Gasteiger charge is -2.45. The van der Waals surface area contributed by atoms with Crippen molar-refractivity contribution in [3.63, 3.8) is 0 Å². The van der Waals surface area contributed by atoms with Gasteiger partial charge in [-0.1, -0.05) is 0 Å². The molecular weight excluding hydrogens is 535 g/mol. The lowest BCUT2D eigenvalue weighted by atomic mass is 9.85. The molecule has 0 unspecified atom stereocenters. The van der Waals surface area contributed by atoms with E-state index in [1.165, 1.54) is 24.4 Å². The summed E-state index contributed by atoms with van der Waals surface area (Å²) in [6.45, 7) is 12.2. The maximum Gasteiger partial charge on any atom is 0.413 e. The van der Waals surface area contributed by atoms with E-state index in [0.29, 0.717) is 24.1 Å². The van der Waals surface area contributed by atoms with Gasteiger partial charge in [-0.25, -0.2) is 22.7 Å². The van der Waals surface area contributed by atoms with Crippen LogP contribution in [0.15, 0.2) is 39.8 Å². The lowest BCUT2D eigenvalue weighted by Crippen LogP contribution is -2.60. The van der Waals surface area contributed by atoms with Gasteiger partial charge in [0.2, 0.25) is 0 Å². The van der Waals surface area contributed by atoms with Crippen LogP contribution >= 0.6 is 0 Å². The summed E-state index contributed by atoms with van der Waals surface area (Å²) in [7, 11) is -3.04. The molecule has 2 aromatic rings. The summed E-state index contributed by atoms with van der Waals surface area (Å²) in [5.74, 6) is -1.06. The van der Waals surface area contributed by atoms with Crippen LogP contribution in [0.4, 0.5) is 14.9 Å². The monoisotopic (exact) mass is 568 g/mol. The van der Waals surface area contributed by atoms with Crippen molar-refractivity contribution in [2.45, 2.75) is 76.0 Å². The van der Waals surface area contributed by atoms with Gasteiger partial charge >= 0.3 is 6.09 Å². The molecule has 12 heteroatoms. The number of aliphatic imine (C=N–C) groups is 1. The van der Waals surface area contributed by atoms with Crippen LogP contribution < -0.4 is 10.6 Å². The second-order valence-corrected chi connectivity index (χ2v) is 14.6. The number of hydrogen-bond acceptors (Lipinski definition) is 8. The molecule has 1 aromatic heterocycles. The number of benzene rings is 1. The van der Waals surface area contributed by atoms with Crippen molar-refractivity contribution in [3.05, 3.63) is 58.7 Å². The first kappa shape index (κ1) is 29.1. The number of carbonyl (C=O) groups is 2. The molecule has 0 radical (unpaired) electrons. The highest BCUT2D eigenvalue weighted by Crippen LogP contribution is 2.48. The smallest absolute Gasteiger partial charge is 0.413 e. The number of amides is 2. The number of pyridine rings is 1. The molecule has 0 aliphatic carbocycles.